The number of rotatable bonds is 5. The molecule has 4 nitrogen and oxygen atoms in total. The van der Waals surface area contributed by atoms with E-state index in [1.54, 1.807) is 6.20 Å². The number of imidazole rings is 1. The quantitative estimate of drug-likeness (QED) is 0.917. The van der Waals surface area contributed by atoms with Gasteiger partial charge in [-0.25, -0.2) is 4.98 Å². The molecule has 110 valence electrons. The molecule has 0 saturated carbocycles. The summed E-state index contributed by atoms with van der Waals surface area (Å²) in [6, 6.07) is 8.25. The molecule has 0 fully saturated rings. The van der Waals surface area contributed by atoms with Gasteiger partial charge in [0.2, 0.25) is 5.91 Å². The number of hydrogen-bond acceptors (Lipinski definition) is 2. The molecule has 1 amide bonds. The lowest BCUT2D eigenvalue weighted by molar-refractivity contribution is -0.122. The maximum Gasteiger partial charge on any atom is 0.227 e. The van der Waals surface area contributed by atoms with E-state index >= 15 is 0 Å². The highest BCUT2D eigenvalue weighted by molar-refractivity contribution is 5.84. The number of benzene rings is 1. The summed E-state index contributed by atoms with van der Waals surface area (Å²) in [6.07, 6.45) is 6.73. The van der Waals surface area contributed by atoms with Gasteiger partial charge in [-0.15, -0.1) is 0 Å². The van der Waals surface area contributed by atoms with Crippen LogP contribution in [0.25, 0.3) is 0 Å². The standard InChI is InChI=1S/C17H21N3O/c1-2-10-20-11-9-18-16(20)12-19-17(21)15-8-7-13-5-3-4-6-14(13)15/h3-6,9,11,15H,2,7-8,10,12H2,1H3,(H,19,21)/t15-/m1/s1. The number of carbonyl (C=O) groups excluding carboxylic acids is 1. The zero-order chi connectivity index (χ0) is 14.7. The van der Waals surface area contributed by atoms with Gasteiger partial charge in [-0.3, -0.25) is 4.79 Å². The normalized spacial score (nSPS) is 16.7. The molecule has 3 rings (SSSR count). The van der Waals surface area contributed by atoms with E-state index in [-0.39, 0.29) is 11.8 Å². The molecule has 1 aliphatic rings. The molecule has 0 bridgehead atoms. The van der Waals surface area contributed by atoms with Crippen LogP contribution in [-0.4, -0.2) is 15.5 Å². The molecule has 4 heteroatoms. The van der Waals surface area contributed by atoms with E-state index in [0.29, 0.717) is 6.54 Å². The summed E-state index contributed by atoms with van der Waals surface area (Å²) >= 11 is 0. The Kier molecular flexibility index (Phi) is 4.04. The molecular weight excluding hydrogens is 262 g/mol. The molecule has 1 N–H and O–H groups in total. The summed E-state index contributed by atoms with van der Waals surface area (Å²) in [7, 11) is 0. The van der Waals surface area contributed by atoms with Crippen molar-refractivity contribution in [2.75, 3.05) is 0 Å². The summed E-state index contributed by atoms with van der Waals surface area (Å²) < 4.78 is 2.10. The molecule has 1 heterocycles. The molecule has 2 aromatic rings. The lowest BCUT2D eigenvalue weighted by Crippen LogP contribution is -2.29. The van der Waals surface area contributed by atoms with Crippen LogP contribution in [0, 0.1) is 0 Å². The van der Waals surface area contributed by atoms with Crippen molar-refractivity contribution in [1.82, 2.24) is 14.9 Å². The van der Waals surface area contributed by atoms with Crippen molar-refractivity contribution in [2.24, 2.45) is 0 Å². The van der Waals surface area contributed by atoms with Crippen LogP contribution < -0.4 is 5.32 Å². The fourth-order valence-corrected chi connectivity index (χ4v) is 3.07. The molecule has 0 unspecified atom stereocenters. The topological polar surface area (TPSA) is 46.9 Å². The SMILES string of the molecule is CCCn1ccnc1CNC(=O)[C@@H]1CCc2ccccc21. The van der Waals surface area contributed by atoms with Gasteiger partial charge in [0, 0.05) is 18.9 Å². The van der Waals surface area contributed by atoms with E-state index in [0.717, 1.165) is 31.6 Å². The van der Waals surface area contributed by atoms with Crippen LogP contribution in [-0.2, 0) is 24.3 Å². The van der Waals surface area contributed by atoms with Crippen LogP contribution in [0.15, 0.2) is 36.7 Å². The van der Waals surface area contributed by atoms with Gasteiger partial charge >= 0.3 is 0 Å². The van der Waals surface area contributed by atoms with Crippen LogP contribution >= 0.6 is 0 Å². The van der Waals surface area contributed by atoms with Crippen molar-refractivity contribution in [3.63, 3.8) is 0 Å². The largest absolute Gasteiger partial charge is 0.348 e. The van der Waals surface area contributed by atoms with Crippen molar-refractivity contribution in [3.05, 3.63) is 53.6 Å². The molecule has 0 radical (unpaired) electrons. The molecule has 1 aromatic carbocycles. The van der Waals surface area contributed by atoms with Gasteiger partial charge in [-0.2, -0.15) is 0 Å². The van der Waals surface area contributed by atoms with Crippen LogP contribution in [0.1, 0.15) is 42.6 Å². The van der Waals surface area contributed by atoms with Gasteiger partial charge in [0.25, 0.3) is 0 Å². The van der Waals surface area contributed by atoms with Crippen LogP contribution in [0.5, 0.6) is 0 Å². The Morgan fingerprint density at radius 1 is 1.43 bits per heavy atom. The van der Waals surface area contributed by atoms with Crippen molar-refractivity contribution in [2.45, 2.75) is 45.2 Å². The predicted octanol–water partition coefficient (Wildman–Crippen LogP) is 2.64. The van der Waals surface area contributed by atoms with Crippen LogP contribution in [0.4, 0.5) is 0 Å². The highest BCUT2D eigenvalue weighted by atomic mass is 16.1. The smallest absolute Gasteiger partial charge is 0.227 e. The fraction of sp³-hybridized carbons (Fsp3) is 0.412. The summed E-state index contributed by atoms with van der Waals surface area (Å²) in [5, 5.41) is 3.04. The first-order valence-electron chi connectivity index (χ1n) is 7.65. The summed E-state index contributed by atoms with van der Waals surface area (Å²) in [5.41, 5.74) is 2.50. The number of fused-ring (bicyclic) bond motifs is 1. The highest BCUT2D eigenvalue weighted by Crippen LogP contribution is 2.32. The van der Waals surface area contributed by atoms with E-state index in [9.17, 15) is 4.79 Å². The average Bonchev–Trinajstić information content (AvgIpc) is 3.12. The lowest BCUT2D eigenvalue weighted by Gasteiger charge is -2.13. The van der Waals surface area contributed by atoms with Gasteiger partial charge in [0.05, 0.1) is 12.5 Å². The van der Waals surface area contributed by atoms with Crippen molar-refractivity contribution in [3.8, 4) is 0 Å². The Bertz CT molecular complexity index is 632. The van der Waals surface area contributed by atoms with Gasteiger partial charge in [-0.05, 0) is 30.4 Å². The number of aromatic nitrogens is 2. The summed E-state index contributed by atoms with van der Waals surface area (Å²) in [5.74, 6) is 1.04. The first-order chi connectivity index (χ1) is 10.3. The molecule has 1 atom stereocenters. The van der Waals surface area contributed by atoms with Crippen molar-refractivity contribution >= 4 is 5.91 Å². The third-order valence-corrected chi connectivity index (χ3v) is 4.14. The first-order valence-corrected chi connectivity index (χ1v) is 7.65. The fourth-order valence-electron chi connectivity index (χ4n) is 3.07. The highest BCUT2D eigenvalue weighted by Gasteiger charge is 2.27. The number of amides is 1. The monoisotopic (exact) mass is 283 g/mol. The molecule has 0 saturated heterocycles. The van der Waals surface area contributed by atoms with Gasteiger partial charge < -0.3 is 9.88 Å². The minimum Gasteiger partial charge on any atom is -0.348 e. The maximum atomic E-state index is 12.4. The third kappa shape index (κ3) is 2.84. The number of aryl methyl sites for hydroxylation is 2. The van der Waals surface area contributed by atoms with Gasteiger partial charge in [-0.1, -0.05) is 31.2 Å². The number of nitrogens with one attached hydrogen (secondary N) is 1. The second-order valence-electron chi connectivity index (χ2n) is 5.54. The Balaban J connectivity index is 1.64. The number of nitrogens with zero attached hydrogens (tertiary/aromatic N) is 2. The van der Waals surface area contributed by atoms with E-state index < -0.39 is 0 Å². The minimum absolute atomic E-state index is 0.00390. The first kappa shape index (κ1) is 13.9. The van der Waals surface area contributed by atoms with Crippen molar-refractivity contribution in [1.29, 1.82) is 0 Å². The second-order valence-corrected chi connectivity index (χ2v) is 5.54. The molecule has 21 heavy (non-hydrogen) atoms. The molecular formula is C17H21N3O. The maximum absolute atomic E-state index is 12.4. The molecule has 0 aliphatic heterocycles. The lowest BCUT2D eigenvalue weighted by atomic mass is 10.0. The molecule has 0 spiro atoms. The Labute approximate surface area is 125 Å². The second kappa shape index (κ2) is 6.12. The molecule has 1 aliphatic carbocycles. The average molecular weight is 283 g/mol. The molecule has 1 aromatic heterocycles. The van der Waals surface area contributed by atoms with E-state index in [1.807, 2.05) is 18.3 Å². The van der Waals surface area contributed by atoms with E-state index in [2.05, 4.69) is 33.9 Å². The van der Waals surface area contributed by atoms with Crippen molar-refractivity contribution < 1.29 is 4.79 Å². The van der Waals surface area contributed by atoms with Gasteiger partial charge in [0.15, 0.2) is 0 Å². The zero-order valence-electron chi connectivity index (χ0n) is 12.4. The Morgan fingerprint density at radius 3 is 3.14 bits per heavy atom. The predicted molar refractivity (Wildman–Crippen MR) is 81.9 cm³/mol. The van der Waals surface area contributed by atoms with Gasteiger partial charge in [0.1, 0.15) is 5.82 Å². The zero-order valence-corrected chi connectivity index (χ0v) is 12.4. The van der Waals surface area contributed by atoms with Crippen LogP contribution in [0.2, 0.25) is 0 Å². The Morgan fingerprint density at radius 2 is 2.29 bits per heavy atom. The Hall–Kier alpha value is -2.10. The third-order valence-electron chi connectivity index (χ3n) is 4.14. The summed E-state index contributed by atoms with van der Waals surface area (Å²) in [6.45, 7) is 3.58. The number of hydrogen-bond donors (Lipinski definition) is 1. The number of carbonyl (C=O) groups is 1. The van der Waals surface area contributed by atoms with Crippen LogP contribution in [0.3, 0.4) is 0 Å². The van der Waals surface area contributed by atoms with E-state index in [4.69, 9.17) is 0 Å². The minimum atomic E-state index is -0.00390. The van der Waals surface area contributed by atoms with E-state index in [1.165, 1.54) is 11.1 Å². The summed E-state index contributed by atoms with van der Waals surface area (Å²) in [4.78, 5) is 16.8.